The van der Waals surface area contributed by atoms with Crippen LogP contribution in [0.1, 0.15) is 32.1 Å². The molecule has 14 heavy (non-hydrogen) atoms. The van der Waals surface area contributed by atoms with E-state index >= 15 is 0 Å². The van der Waals surface area contributed by atoms with Gasteiger partial charge in [-0.25, -0.2) is 0 Å². The number of rotatable bonds is 1. The van der Waals surface area contributed by atoms with E-state index in [1.165, 1.54) is 19.3 Å². The second-order valence-electron chi connectivity index (χ2n) is 3.82. The number of hydrogen-bond acceptors (Lipinski definition) is 2. The first-order valence-corrected chi connectivity index (χ1v) is 5.27. The molecule has 1 saturated carbocycles. The second kappa shape index (κ2) is 4.31. The quantitative estimate of drug-likeness (QED) is 0.678. The van der Waals surface area contributed by atoms with Crippen molar-refractivity contribution in [2.75, 3.05) is 0 Å². The van der Waals surface area contributed by atoms with Gasteiger partial charge in [-0.3, -0.25) is 4.99 Å². The van der Waals surface area contributed by atoms with Crippen LogP contribution >= 0.6 is 0 Å². The maximum atomic E-state index is 9.46. The molecule has 3 nitrogen and oxygen atoms in total. The molecule has 2 rings (SSSR count). The summed E-state index contributed by atoms with van der Waals surface area (Å²) >= 11 is 0. The zero-order valence-electron chi connectivity index (χ0n) is 8.26. The fraction of sp³-hybridized carbons (Fsp3) is 0.545. The van der Waals surface area contributed by atoms with E-state index in [9.17, 15) is 5.21 Å². The normalized spacial score (nSPS) is 19.9. The van der Waals surface area contributed by atoms with Gasteiger partial charge in [0.15, 0.2) is 5.49 Å². The van der Waals surface area contributed by atoms with E-state index in [1.54, 1.807) is 12.3 Å². The summed E-state index contributed by atoms with van der Waals surface area (Å²) < 4.78 is 1.09. The van der Waals surface area contributed by atoms with Crippen molar-refractivity contribution in [3.63, 3.8) is 0 Å². The van der Waals surface area contributed by atoms with Crippen molar-refractivity contribution >= 4 is 0 Å². The van der Waals surface area contributed by atoms with Crippen molar-refractivity contribution in [3.8, 4) is 0 Å². The summed E-state index contributed by atoms with van der Waals surface area (Å²) in [5, 5.41) is 9.46. The minimum Gasteiger partial charge on any atom is -0.427 e. The Kier molecular flexibility index (Phi) is 2.87. The lowest BCUT2D eigenvalue weighted by Crippen LogP contribution is -2.22. The Morgan fingerprint density at radius 1 is 1.21 bits per heavy atom. The van der Waals surface area contributed by atoms with Gasteiger partial charge in [-0.15, -0.1) is 0 Å². The maximum Gasteiger partial charge on any atom is 0.163 e. The highest BCUT2D eigenvalue weighted by Crippen LogP contribution is 2.19. The average molecular weight is 192 g/mol. The smallest absolute Gasteiger partial charge is 0.163 e. The molecule has 1 aromatic rings. The lowest BCUT2D eigenvalue weighted by Gasteiger charge is -2.17. The lowest BCUT2D eigenvalue weighted by molar-refractivity contribution is 0.170. The molecule has 0 spiro atoms. The summed E-state index contributed by atoms with van der Waals surface area (Å²) in [4.78, 5) is 4.53. The monoisotopic (exact) mass is 192 g/mol. The molecular weight excluding hydrogens is 176 g/mol. The minimum absolute atomic E-state index is 0.407. The highest BCUT2D eigenvalue weighted by atomic mass is 16.5. The highest BCUT2D eigenvalue weighted by Gasteiger charge is 2.11. The summed E-state index contributed by atoms with van der Waals surface area (Å²) in [6.45, 7) is 0. The van der Waals surface area contributed by atoms with Crippen molar-refractivity contribution < 1.29 is 5.21 Å². The Hall–Kier alpha value is -1.25. The predicted molar refractivity (Wildman–Crippen MR) is 54.1 cm³/mol. The van der Waals surface area contributed by atoms with Crippen LogP contribution in [0, 0.1) is 0 Å². The van der Waals surface area contributed by atoms with E-state index in [0.29, 0.717) is 11.5 Å². The van der Waals surface area contributed by atoms with Crippen LogP contribution in [-0.4, -0.2) is 16.0 Å². The van der Waals surface area contributed by atoms with E-state index in [0.717, 1.165) is 17.6 Å². The van der Waals surface area contributed by atoms with Gasteiger partial charge in [-0.1, -0.05) is 25.3 Å². The summed E-state index contributed by atoms with van der Waals surface area (Å²) in [6, 6.07) is 5.94. The molecule has 0 atom stereocenters. The van der Waals surface area contributed by atoms with Crippen molar-refractivity contribution in [1.29, 1.82) is 0 Å². The van der Waals surface area contributed by atoms with Crippen LogP contribution in [0.4, 0.5) is 0 Å². The Morgan fingerprint density at radius 2 is 2.00 bits per heavy atom. The number of aromatic nitrogens is 1. The van der Waals surface area contributed by atoms with Crippen molar-refractivity contribution in [2.24, 2.45) is 4.99 Å². The van der Waals surface area contributed by atoms with Crippen molar-refractivity contribution in [3.05, 3.63) is 29.9 Å². The van der Waals surface area contributed by atoms with Crippen LogP contribution in [-0.2, 0) is 0 Å². The van der Waals surface area contributed by atoms with E-state index < -0.39 is 0 Å². The molecule has 0 amide bonds. The molecular formula is C11H16N2O. The molecule has 76 valence electrons. The molecule has 1 heterocycles. The largest absolute Gasteiger partial charge is 0.427 e. The van der Waals surface area contributed by atoms with E-state index in [4.69, 9.17) is 0 Å². The molecule has 3 heteroatoms. The number of nitrogens with zero attached hydrogens (tertiary/aromatic N) is 2. The topological polar surface area (TPSA) is 37.5 Å². The average Bonchev–Trinajstić information content (AvgIpc) is 2.23. The summed E-state index contributed by atoms with van der Waals surface area (Å²) in [5.41, 5.74) is 0.666. The fourth-order valence-electron chi connectivity index (χ4n) is 1.92. The zero-order chi connectivity index (χ0) is 9.80. The first-order valence-electron chi connectivity index (χ1n) is 5.27. The third-order valence-corrected chi connectivity index (χ3v) is 2.71. The van der Waals surface area contributed by atoms with E-state index in [1.807, 2.05) is 12.1 Å². The fourth-order valence-corrected chi connectivity index (χ4v) is 1.92. The SMILES string of the molecule is On1ccccc1=NC1CCCCC1. The first-order chi connectivity index (χ1) is 6.86. The number of pyridine rings is 1. The van der Waals surface area contributed by atoms with Crippen LogP contribution in [0.3, 0.4) is 0 Å². The molecule has 0 saturated heterocycles. The van der Waals surface area contributed by atoms with E-state index in [-0.39, 0.29) is 0 Å². The maximum absolute atomic E-state index is 9.46. The summed E-state index contributed by atoms with van der Waals surface area (Å²) in [6.07, 6.45) is 7.81. The van der Waals surface area contributed by atoms with Crippen LogP contribution in [0.15, 0.2) is 29.4 Å². The van der Waals surface area contributed by atoms with Crippen LogP contribution in [0.5, 0.6) is 0 Å². The van der Waals surface area contributed by atoms with Gasteiger partial charge in [0.25, 0.3) is 0 Å². The third kappa shape index (κ3) is 2.16. The Morgan fingerprint density at radius 3 is 2.71 bits per heavy atom. The van der Waals surface area contributed by atoms with Gasteiger partial charge in [0.05, 0.1) is 6.04 Å². The lowest BCUT2D eigenvalue weighted by atomic mass is 9.96. The van der Waals surface area contributed by atoms with Gasteiger partial charge in [-0.05, 0) is 25.0 Å². The molecule has 1 fully saturated rings. The highest BCUT2D eigenvalue weighted by molar-refractivity contribution is 4.91. The van der Waals surface area contributed by atoms with Crippen LogP contribution in [0.25, 0.3) is 0 Å². The van der Waals surface area contributed by atoms with Gasteiger partial charge in [-0.2, -0.15) is 4.73 Å². The molecule has 1 N–H and O–H groups in total. The zero-order valence-corrected chi connectivity index (χ0v) is 8.26. The summed E-state index contributed by atoms with van der Waals surface area (Å²) in [5.74, 6) is 0. The second-order valence-corrected chi connectivity index (χ2v) is 3.82. The molecule has 1 aromatic heterocycles. The summed E-state index contributed by atoms with van der Waals surface area (Å²) in [7, 11) is 0. The van der Waals surface area contributed by atoms with Gasteiger partial charge in [0.1, 0.15) is 0 Å². The van der Waals surface area contributed by atoms with Crippen LogP contribution in [0.2, 0.25) is 0 Å². The van der Waals surface area contributed by atoms with Crippen LogP contribution < -0.4 is 5.49 Å². The first kappa shape index (κ1) is 9.31. The standard InChI is InChI=1S/C11H16N2O/c14-13-9-5-4-8-11(13)12-10-6-2-1-3-7-10/h4-5,8-10,14H,1-3,6-7H2. The molecule has 0 radical (unpaired) electrons. The third-order valence-electron chi connectivity index (χ3n) is 2.71. The molecule has 0 aliphatic heterocycles. The Bertz CT molecular complexity index is 350. The van der Waals surface area contributed by atoms with E-state index in [2.05, 4.69) is 4.99 Å². The van der Waals surface area contributed by atoms with Crippen molar-refractivity contribution in [2.45, 2.75) is 38.1 Å². The van der Waals surface area contributed by atoms with Gasteiger partial charge >= 0.3 is 0 Å². The number of hydrogen-bond donors (Lipinski definition) is 1. The van der Waals surface area contributed by atoms with Gasteiger partial charge in [0, 0.05) is 6.20 Å². The van der Waals surface area contributed by atoms with Crippen molar-refractivity contribution in [1.82, 2.24) is 4.73 Å². The molecule has 0 unspecified atom stereocenters. The Balaban J connectivity index is 2.20. The molecule has 1 aliphatic rings. The molecule has 0 bridgehead atoms. The molecule has 0 aromatic carbocycles. The predicted octanol–water partition coefficient (Wildman–Crippen LogP) is 1.96. The minimum atomic E-state index is 0.407. The Labute approximate surface area is 83.7 Å². The molecule has 1 aliphatic carbocycles. The van der Waals surface area contributed by atoms with Gasteiger partial charge < -0.3 is 5.21 Å². The van der Waals surface area contributed by atoms with Gasteiger partial charge in [0.2, 0.25) is 0 Å².